The van der Waals surface area contributed by atoms with E-state index in [1.807, 2.05) is 4.90 Å². The molecule has 1 aliphatic heterocycles. The van der Waals surface area contributed by atoms with E-state index in [2.05, 4.69) is 203 Å². The predicted molar refractivity (Wildman–Crippen MR) is 226 cm³/mol. The minimum absolute atomic E-state index is 0.00608. The number of carbonyl (C=O) groups is 1. The maximum absolute atomic E-state index is 14.3. The van der Waals surface area contributed by atoms with Crippen molar-refractivity contribution < 1.29 is 9.90 Å². The average Bonchev–Trinajstić information content (AvgIpc) is 3.52. The van der Waals surface area contributed by atoms with Crippen LogP contribution in [0.5, 0.6) is 0 Å². The lowest BCUT2D eigenvalue weighted by Crippen LogP contribution is -2.58. The van der Waals surface area contributed by atoms with Crippen molar-refractivity contribution in [1.29, 1.82) is 0 Å². The second-order valence-electron chi connectivity index (χ2n) is 14.5. The van der Waals surface area contributed by atoms with Crippen molar-refractivity contribution in [3.63, 3.8) is 0 Å². The van der Waals surface area contributed by atoms with E-state index < -0.39 is 35.1 Å². The molecule has 1 aliphatic rings. The lowest BCUT2D eigenvalue weighted by molar-refractivity contribution is 0.110. The summed E-state index contributed by atoms with van der Waals surface area (Å²) in [5.74, 6) is 0.00608. The molecule has 0 aliphatic carbocycles. The fourth-order valence-corrected chi connectivity index (χ4v) is 18.8. The van der Waals surface area contributed by atoms with Crippen LogP contribution in [0.4, 0.5) is 4.79 Å². The van der Waals surface area contributed by atoms with E-state index in [4.69, 9.17) is 0 Å². The molecule has 0 aromatic heterocycles. The van der Waals surface area contributed by atoms with Gasteiger partial charge >= 0.3 is 6.09 Å². The van der Waals surface area contributed by atoms with Crippen molar-refractivity contribution in [3.05, 3.63) is 182 Å². The third-order valence-corrected chi connectivity index (χ3v) is 19.0. The molecule has 0 radical (unpaired) electrons. The summed E-state index contributed by atoms with van der Waals surface area (Å²) in [6.45, 7) is 7.57. The van der Waals surface area contributed by atoms with Gasteiger partial charge in [-0.3, -0.25) is 4.90 Å². The summed E-state index contributed by atoms with van der Waals surface area (Å²) in [7, 11) is -3.17. The Morgan fingerprint density at radius 3 is 1.23 bits per heavy atom. The number of hydrogen-bond acceptors (Lipinski definition) is 1. The smallest absolute Gasteiger partial charge is 0.408 e. The van der Waals surface area contributed by atoms with Gasteiger partial charge in [0.1, 0.15) is 0 Å². The molecule has 1 saturated heterocycles. The quantitative estimate of drug-likeness (QED) is 0.143. The number of rotatable bonds is 10. The molecule has 3 unspecified atom stereocenters. The van der Waals surface area contributed by atoms with Gasteiger partial charge in [0.05, 0.1) is 5.28 Å². The van der Waals surface area contributed by atoms with Crippen LogP contribution in [0.25, 0.3) is 0 Å². The maximum atomic E-state index is 14.3. The highest BCUT2D eigenvalue weighted by atomic mass is 31.1. The predicted octanol–water partition coefficient (Wildman–Crippen LogP) is 9.11. The summed E-state index contributed by atoms with van der Waals surface area (Å²) in [4.78, 5) is 16.3. The van der Waals surface area contributed by atoms with Crippen molar-refractivity contribution in [2.45, 2.75) is 31.7 Å². The third-order valence-electron chi connectivity index (χ3n) is 10.2. The molecule has 1 heterocycles. The molecule has 1 fully saturated rings. The normalized spacial score (nSPS) is 19.0. The lowest BCUT2D eigenvalue weighted by Gasteiger charge is -2.53. The van der Waals surface area contributed by atoms with E-state index in [0.29, 0.717) is 12.7 Å². The molecule has 0 spiro atoms. The maximum Gasteiger partial charge on any atom is 0.408 e. The fraction of sp³-hybridized carbons (Fsp3) is 0.196. The van der Waals surface area contributed by atoms with Gasteiger partial charge in [-0.2, -0.15) is 0 Å². The van der Waals surface area contributed by atoms with Crippen molar-refractivity contribution in [3.8, 4) is 0 Å². The number of carboxylic acid groups (broad SMARTS) is 1. The standard InChI is InChI=1S/C46H46NO2P3/c1-45(2,3)43-42(51(38-26-14-6-15-27-38)39-28-16-7-17-29-39)34-47(44(48)49)46(43,52(40-30-18-8-19-31-40)41-32-20-9-21-33-41)35-50(36-22-10-4-11-23-36)37-24-12-5-13-25-37/h4-33,42-43H,34-35H2,1-3H3,(H,48,49). The van der Waals surface area contributed by atoms with Gasteiger partial charge in [-0.25, -0.2) is 4.79 Å². The van der Waals surface area contributed by atoms with Crippen LogP contribution in [-0.4, -0.2) is 39.7 Å². The van der Waals surface area contributed by atoms with E-state index in [0.717, 1.165) is 0 Å². The number of likely N-dealkylation sites (tertiary alicyclic amines) is 1. The minimum Gasteiger partial charge on any atom is -0.465 e. The highest BCUT2D eigenvalue weighted by Crippen LogP contribution is 2.69. The lowest BCUT2D eigenvalue weighted by atomic mass is 9.76. The molecule has 1 amide bonds. The number of hydrogen-bond donors (Lipinski definition) is 1. The Morgan fingerprint density at radius 1 is 0.577 bits per heavy atom. The first-order valence-corrected chi connectivity index (χ1v) is 22.2. The summed E-state index contributed by atoms with van der Waals surface area (Å²) in [5.41, 5.74) is -0.186. The Bertz CT molecular complexity index is 1910. The molecular weight excluding hydrogens is 691 g/mol. The molecular formula is C46H46NO2P3. The molecule has 6 aromatic carbocycles. The highest BCUT2D eigenvalue weighted by molar-refractivity contribution is 7.78. The van der Waals surface area contributed by atoms with E-state index >= 15 is 0 Å². The van der Waals surface area contributed by atoms with Crippen LogP contribution in [0.1, 0.15) is 20.8 Å². The monoisotopic (exact) mass is 737 g/mol. The first-order chi connectivity index (χ1) is 25.3. The molecule has 1 N–H and O–H groups in total. The van der Waals surface area contributed by atoms with Gasteiger partial charge < -0.3 is 5.11 Å². The summed E-state index contributed by atoms with van der Waals surface area (Å²) in [6.07, 6.45) is -0.119. The van der Waals surface area contributed by atoms with E-state index in [1.54, 1.807) is 0 Å². The summed E-state index contributed by atoms with van der Waals surface area (Å²) in [5, 5.41) is 18.5. The number of amides is 1. The SMILES string of the molecule is CC(C)(C)C1C(P(c2ccccc2)c2ccccc2)CN(C(=O)O)C1(CP(c1ccccc1)c1ccccc1)P(c1ccccc1)c1ccccc1. The fourth-order valence-electron chi connectivity index (χ4n) is 8.43. The van der Waals surface area contributed by atoms with Gasteiger partial charge in [-0.1, -0.05) is 203 Å². The van der Waals surface area contributed by atoms with Gasteiger partial charge in [0.15, 0.2) is 0 Å². The first kappa shape index (κ1) is 36.2. The number of nitrogens with zero attached hydrogens (tertiary/aromatic N) is 1. The van der Waals surface area contributed by atoms with Crippen LogP contribution in [0.3, 0.4) is 0 Å². The van der Waals surface area contributed by atoms with Crippen molar-refractivity contribution in [1.82, 2.24) is 4.90 Å². The van der Waals surface area contributed by atoms with E-state index in [9.17, 15) is 9.90 Å². The molecule has 0 bridgehead atoms. The van der Waals surface area contributed by atoms with Crippen LogP contribution in [0, 0.1) is 11.3 Å². The van der Waals surface area contributed by atoms with Crippen LogP contribution in [0.15, 0.2) is 182 Å². The molecule has 0 saturated carbocycles. The van der Waals surface area contributed by atoms with Crippen LogP contribution in [0.2, 0.25) is 0 Å². The van der Waals surface area contributed by atoms with Gasteiger partial charge in [-0.05, 0) is 61.0 Å². The Kier molecular flexibility index (Phi) is 11.1. The zero-order chi connectivity index (χ0) is 36.1. The van der Waals surface area contributed by atoms with Gasteiger partial charge in [0, 0.05) is 24.3 Å². The highest BCUT2D eigenvalue weighted by Gasteiger charge is 2.65. The van der Waals surface area contributed by atoms with Gasteiger partial charge in [0.2, 0.25) is 0 Å². The largest absolute Gasteiger partial charge is 0.465 e. The zero-order valence-electron chi connectivity index (χ0n) is 30.0. The second-order valence-corrected chi connectivity index (χ2v) is 21.6. The molecule has 6 aromatic rings. The Labute approximate surface area is 313 Å². The second kappa shape index (κ2) is 15.9. The number of benzene rings is 6. The van der Waals surface area contributed by atoms with Crippen molar-refractivity contribution >= 4 is 61.7 Å². The van der Waals surface area contributed by atoms with Crippen molar-refractivity contribution in [2.24, 2.45) is 11.3 Å². The van der Waals surface area contributed by atoms with Crippen LogP contribution < -0.4 is 31.8 Å². The van der Waals surface area contributed by atoms with Crippen LogP contribution >= 0.6 is 23.8 Å². The molecule has 3 nitrogen and oxygen atoms in total. The molecule has 3 atom stereocenters. The van der Waals surface area contributed by atoms with Crippen molar-refractivity contribution in [2.75, 3.05) is 12.7 Å². The zero-order valence-corrected chi connectivity index (χ0v) is 32.7. The molecule has 52 heavy (non-hydrogen) atoms. The van der Waals surface area contributed by atoms with Gasteiger partial charge in [0.25, 0.3) is 0 Å². The molecule has 6 heteroatoms. The van der Waals surface area contributed by atoms with Crippen LogP contribution in [-0.2, 0) is 0 Å². The Balaban J connectivity index is 1.58. The van der Waals surface area contributed by atoms with E-state index in [-0.39, 0.29) is 17.0 Å². The molecule has 7 rings (SSSR count). The summed E-state index contributed by atoms with van der Waals surface area (Å²) >= 11 is 0. The Hall–Kier alpha value is -4.12. The van der Waals surface area contributed by atoms with Gasteiger partial charge in [-0.15, -0.1) is 0 Å². The minimum atomic E-state index is -1.24. The molecule has 262 valence electrons. The average molecular weight is 738 g/mol. The summed E-state index contributed by atoms with van der Waals surface area (Å²) < 4.78 is 0. The topological polar surface area (TPSA) is 40.5 Å². The van der Waals surface area contributed by atoms with E-state index in [1.165, 1.54) is 31.8 Å². The first-order valence-electron chi connectivity index (χ1n) is 18.0. The Morgan fingerprint density at radius 2 is 0.904 bits per heavy atom. The third kappa shape index (κ3) is 7.25. The summed E-state index contributed by atoms with van der Waals surface area (Å²) in [6, 6.07) is 65.2.